The van der Waals surface area contributed by atoms with E-state index in [0.717, 1.165) is 10.2 Å². The quantitative estimate of drug-likeness (QED) is 0.563. The minimum atomic E-state index is -0.545. The molecule has 0 aliphatic rings. The topological polar surface area (TPSA) is 88.0 Å². The average Bonchev–Trinajstić information content (AvgIpc) is 3.01. The number of amides is 1. The first kappa shape index (κ1) is 13.6. The third-order valence-corrected chi connectivity index (χ3v) is 4.09. The van der Waals surface area contributed by atoms with Crippen molar-refractivity contribution in [3.8, 4) is 0 Å². The molecule has 1 aromatic carbocycles. The highest BCUT2D eigenvalue weighted by atomic mass is 35.5. The fraction of sp³-hybridized carbons (Fsp3) is 0. The summed E-state index contributed by atoms with van der Waals surface area (Å²) in [6, 6.07) is 7.48. The van der Waals surface area contributed by atoms with Crippen LogP contribution in [-0.4, -0.2) is 15.8 Å². The number of nitro groups is 1. The van der Waals surface area contributed by atoms with Gasteiger partial charge in [-0.25, -0.2) is 0 Å². The van der Waals surface area contributed by atoms with E-state index in [9.17, 15) is 14.9 Å². The van der Waals surface area contributed by atoms with E-state index in [1.165, 1.54) is 29.5 Å². The number of rotatable bonds is 3. The van der Waals surface area contributed by atoms with Crippen molar-refractivity contribution in [1.82, 2.24) is 4.98 Å². The van der Waals surface area contributed by atoms with Crippen molar-refractivity contribution in [2.45, 2.75) is 0 Å². The molecule has 0 aliphatic heterocycles. The van der Waals surface area contributed by atoms with Gasteiger partial charge in [-0.3, -0.25) is 14.9 Å². The summed E-state index contributed by atoms with van der Waals surface area (Å²) >= 11 is 7.46. The summed E-state index contributed by atoms with van der Waals surface area (Å²) < 4.78 is 0.963. The number of anilines is 1. The fourth-order valence-electron chi connectivity index (χ4n) is 1.88. The van der Waals surface area contributed by atoms with Crippen LogP contribution >= 0.6 is 22.9 Å². The molecule has 8 heteroatoms. The highest BCUT2D eigenvalue weighted by molar-refractivity contribution is 7.17. The molecule has 0 unspecified atom stereocenters. The van der Waals surface area contributed by atoms with E-state index in [2.05, 4.69) is 10.3 Å². The minimum absolute atomic E-state index is 0.137. The summed E-state index contributed by atoms with van der Waals surface area (Å²) in [5.74, 6) is -0.402. The predicted octanol–water partition coefficient (Wildman–Crippen LogP) is 4.04. The van der Waals surface area contributed by atoms with Gasteiger partial charge in [-0.2, -0.15) is 0 Å². The minimum Gasteiger partial charge on any atom is -0.350 e. The van der Waals surface area contributed by atoms with E-state index in [1.807, 2.05) is 11.4 Å². The van der Waals surface area contributed by atoms with Gasteiger partial charge in [0.05, 0.1) is 25.8 Å². The van der Waals surface area contributed by atoms with Crippen LogP contribution in [0.2, 0.25) is 5.02 Å². The molecular weight excluding hydrogens is 314 g/mol. The Morgan fingerprint density at radius 3 is 2.86 bits per heavy atom. The smallest absolute Gasteiger partial charge is 0.272 e. The molecule has 2 aromatic heterocycles. The Bertz CT molecular complexity index is 827. The summed E-state index contributed by atoms with van der Waals surface area (Å²) in [6.07, 6.45) is 0. The molecule has 2 N–H and O–H groups in total. The lowest BCUT2D eigenvalue weighted by Crippen LogP contribution is -2.12. The number of hydrogen-bond acceptors (Lipinski definition) is 4. The maximum Gasteiger partial charge on any atom is 0.272 e. The van der Waals surface area contributed by atoms with Gasteiger partial charge >= 0.3 is 0 Å². The van der Waals surface area contributed by atoms with Crippen LogP contribution < -0.4 is 5.32 Å². The number of thiophene rings is 1. The van der Waals surface area contributed by atoms with Crippen molar-refractivity contribution >= 4 is 50.4 Å². The van der Waals surface area contributed by atoms with Gasteiger partial charge in [0.25, 0.3) is 11.6 Å². The molecule has 0 fully saturated rings. The number of aromatic amines is 1. The van der Waals surface area contributed by atoms with Gasteiger partial charge in [0.1, 0.15) is 5.69 Å². The number of non-ortho nitro benzene ring substituents is 1. The highest BCUT2D eigenvalue weighted by Gasteiger charge is 2.15. The van der Waals surface area contributed by atoms with Crippen molar-refractivity contribution in [1.29, 1.82) is 0 Å². The second kappa shape index (κ2) is 5.19. The zero-order chi connectivity index (χ0) is 15.0. The summed E-state index contributed by atoms with van der Waals surface area (Å²) in [5, 5.41) is 15.5. The number of nitrogens with zero attached hydrogens (tertiary/aromatic N) is 1. The third-order valence-electron chi connectivity index (χ3n) is 2.89. The molecule has 0 saturated carbocycles. The number of carbonyl (C=O) groups excluding carboxylic acids is 1. The molecule has 106 valence electrons. The lowest BCUT2D eigenvalue weighted by atomic mass is 10.2. The van der Waals surface area contributed by atoms with Crippen LogP contribution in [0.25, 0.3) is 10.2 Å². The van der Waals surface area contributed by atoms with Crippen molar-refractivity contribution in [3.05, 3.63) is 56.5 Å². The molecule has 0 spiro atoms. The van der Waals surface area contributed by atoms with Crippen LogP contribution in [0.4, 0.5) is 11.4 Å². The first-order valence-electron chi connectivity index (χ1n) is 5.86. The Balaban J connectivity index is 1.88. The standard InChI is InChI=1S/C13H8ClN3O3S/c14-8-2-1-7(17(19)20)5-10(8)16-13(18)11-6-12-9(15-11)3-4-21-12/h1-6,15H,(H,16,18). The van der Waals surface area contributed by atoms with Gasteiger partial charge in [-0.15, -0.1) is 11.3 Å². The van der Waals surface area contributed by atoms with E-state index in [-0.39, 0.29) is 16.4 Å². The third kappa shape index (κ3) is 2.61. The fourth-order valence-corrected chi connectivity index (χ4v) is 2.83. The van der Waals surface area contributed by atoms with Gasteiger partial charge < -0.3 is 10.3 Å². The number of halogens is 1. The summed E-state index contributed by atoms with van der Waals surface area (Å²) in [4.78, 5) is 25.3. The number of fused-ring (bicyclic) bond motifs is 1. The summed E-state index contributed by atoms with van der Waals surface area (Å²) in [5.41, 5.74) is 1.31. The molecule has 0 bridgehead atoms. The maximum atomic E-state index is 12.1. The molecule has 21 heavy (non-hydrogen) atoms. The van der Waals surface area contributed by atoms with Crippen LogP contribution in [0, 0.1) is 10.1 Å². The van der Waals surface area contributed by atoms with Crippen LogP contribution in [0.1, 0.15) is 10.5 Å². The maximum absolute atomic E-state index is 12.1. The molecule has 0 radical (unpaired) electrons. The predicted molar refractivity (Wildman–Crippen MR) is 82.2 cm³/mol. The Morgan fingerprint density at radius 2 is 2.14 bits per heavy atom. The van der Waals surface area contributed by atoms with Crippen molar-refractivity contribution in [2.75, 3.05) is 5.32 Å². The van der Waals surface area contributed by atoms with Crippen LogP contribution in [0.5, 0.6) is 0 Å². The molecule has 0 saturated heterocycles. The number of hydrogen-bond donors (Lipinski definition) is 2. The van der Waals surface area contributed by atoms with Crippen molar-refractivity contribution < 1.29 is 9.72 Å². The van der Waals surface area contributed by atoms with Gasteiger partial charge in [0.15, 0.2) is 0 Å². The number of H-pyrrole nitrogens is 1. The van der Waals surface area contributed by atoms with Crippen molar-refractivity contribution in [3.63, 3.8) is 0 Å². The highest BCUT2D eigenvalue weighted by Crippen LogP contribution is 2.28. The monoisotopic (exact) mass is 321 g/mol. The lowest BCUT2D eigenvalue weighted by Gasteiger charge is -2.05. The van der Waals surface area contributed by atoms with E-state index < -0.39 is 10.8 Å². The van der Waals surface area contributed by atoms with Gasteiger partial charge in [-0.1, -0.05) is 11.6 Å². The van der Waals surface area contributed by atoms with E-state index >= 15 is 0 Å². The average molecular weight is 322 g/mol. The van der Waals surface area contributed by atoms with Crippen LogP contribution in [-0.2, 0) is 0 Å². The second-order valence-electron chi connectivity index (χ2n) is 4.26. The van der Waals surface area contributed by atoms with E-state index in [0.29, 0.717) is 5.69 Å². The van der Waals surface area contributed by atoms with E-state index in [4.69, 9.17) is 11.6 Å². The summed E-state index contributed by atoms with van der Waals surface area (Å²) in [6.45, 7) is 0. The number of aromatic nitrogens is 1. The molecule has 6 nitrogen and oxygen atoms in total. The Morgan fingerprint density at radius 1 is 1.33 bits per heavy atom. The number of carbonyl (C=O) groups is 1. The number of benzene rings is 1. The van der Waals surface area contributed by atoms with Gasteiger partial charge in [0, 0.05) is 12.1 Å². The number of nitro benzene ring substituents is 1. The first-order valence-corrected chi connectivity index (χ1v) is 7.12. The lowest BCUT2D eigenvalue weighted by molar-refractivity contribution is -0.384. The Kier molecular flexibility index (Phi) is 3.36. The number of nitrogens with one attached hydrogen (secondary N) is 2. The zero-order valence-electron chi connectivity index (χ0n) is 10.4. The molecular formula is C13H8ClN3O3S. The van der Waals surface area contributed by atoms with Crippen LogP contribution in [0.3, 0.4) is 0 Å². The largest absolute Gasteiger partial charge is 0.350 e. The molecule has 3 aromatic rings. The van der Waals surface area contributed by atoms with Gasteiger partial charge in [0.2, 0.25) is 0 Å². The second-order valence-corrected chi connectivity index (χ2v) is 5.61. The Labute approximate surface area is 127 Å². The normalized spacial score (nSPS) is 10.7. The van der Waals surface area contributed by atoms with Gasteiger partial charge in [-0.05, 0) is 23.6 Å². The first-order chi connectivity index (χ1) is 10.0. The molecule has 1 amide bonds. The summed E-state index contributed by atoms with van der Waals surface area (Å²) in [7, 11) is 0. The molecule has 0 aliphatic carbocycles. The molecule has 0 atom stereocenters. The molecule has 2 heterocycles. The van der Waals surface area contributed by atoms with Crippen LogP contribution in [0.15, 0.2) is 35.7 Å². The SMILES string of the molecule is O=C(Nc1cc([N+](=O)[O-])ccc1Cl)c1cc2sccc2[nH]1. The molecule has 3 rings (SSSR count). The van der Waals surface area contributed by atoms with Crippen molar-refractivity contribution in [2.24, 2.45) is 0 Å². The van der Waals surface area contributed by atoms with E-state index in [1.54, 1.807) is 6.07 Å². The Hall–Kier alpha value is -2.38. The zero-order valence-corrected chi connectivity index (χ0v) is 12.0.